The van der Waals surface area contributed by atoms with Crippen LogP contribution >= 0.6 is 0 Å². The molecule has 2 aromatic heterocycles. The molecule has 3 rings (SSSR count). The van der Waals surface area contributed by atoms with Crippen LogP contribution in [0, 0.1) is 5.82 Å². The highest BCUT2D eigenvalue weighted by molar-refractivity contribution is 5.82. The molecule has 0 aliphatic carbocycles. The van der Waals surface area contributed by atoms with E-state index < -0.39 is 5.82 Å². The molecule has 0 spiro atoms. The summed E-state index contributed by atoms with van der Waals surface area (Å²) in [4.78, 5) is 17.9. The first kappa shape index (κ1) is 14.1. The van der Waals surface area contributed by atoms with Gasteiger partial charge in [-0.25, -0.2) is 9.37 Å². The van der Waals surface area contributed by atoms with E-state index in [1.165, 1.54) is 25.6 Å². The van der Waals surface area contributed by atoms with Crippen molar-refractivity contribution in [2.24, 2.45) is 0 Å². The number of nitrogens with one attached hydrogen (secondary N) is 2. The van der Waals surface area contributed by atoms with Gasteiger partial charge in [-0.2, -0.15) is 0 Å². The van der Waals surface area contributed by atoms with E-state index in [0.717, 1.165) is 11.2 Å². The minimum absolute atomic E-state index is 0.123. The van der Waals surface area contributed by atoms with Gasteiger partial charge < -0.3 is 19.5 Å². The third-order valence-corrected chi connectivity index (χ3v) is 3.12. The van der Waals surface area contributed by atoms with Crippen molar-refractivity contribution in [3.63, 3.8) is 0 Å². The van der Waals surface area contributed by atoms with Gasteiger partial charge in [-0.05, 0) is 12.1 Å². The van der Waals surface area contributed by atoms with Crippen molar-refractivity contribution in [1.29, 1.82) is 0 Å². The fourth-order valence-corrected chi connectivity index (χ4v) is 2.08. The van der Waals surface area contributed by atoms with E-state index in [-0.39, 0.29) is 18.3 Å². The molecule has 6 nitrogen and oxygen atoms in total. The van der Waals surface area contributed by atoms with Crippen molar-refractivity contribution in [2.75, 3.05) is 0 Å². The number of carbonyl (C=O) groups is 1. The molecule has 1 aromatic carbocycles. The minimum atomic E-state index is -0.457. The average Bonchev–Trinajstić information content (AvgIpc) is 3.11. The smallest absolute Gasteiger partial charge is 0.217 e. The van der Waals surface area contributed by atoms with E-state index in [1.54, 1.807) is 12.1 Å². The van der Waals surface area contributed by atoms with E-state index in [2.05, 4.69) is 15.3 Å². The first-order valence-electron chi connectivity index (χ1n) is 6.67. The quantitative estimate of drug-likeness (QED) is 0.759. The van der Waals surface area contributed by atoms with Crippen molar-refractivity contribution in [1.82, 2.24) is 15.3 Å². The zero-order chi connectivity index (χ0) is 15.5. The van der Waals surface area contributed by atoms with Gasteiger partial charge in [0.2, 0.25) is 5.91 Å². The molecule has 114 valence electrons. The van der Waals surface area contributed by atoms with Crippen LogP contribution in [0.4, 0.5) is 4.39 Å². The molecule has 0 aliphatic heterocycles. The summed E-state index contributed by atoms with van der Waals surface area (Å²) < 4.78 is 24.3. The standard InChI is InChI=1S/C15H14FN3O3/c1-9(20)17-5-11-2-10-3-13(16)15(4-14(10)19-11)22-7-12-6-21-8-18-12/h2-4,6,8,19H,5,7H2,1H3,(H,17,20). The van der Waals surface area contributed by atoms with Gasteiger partial charge in [0.25, 0.3) is 0 Å². The van der Waals surface area contributed by atoms with Crippen molar-refractivity contribution in [3.05, 3.63) is 48.1 Å². The number of halogens is 1. The van der Waals surface area contributed by atoms with Crippen LogP contribution in [-0.2, 0) is 17.9 Å². The summed E-state index contributed by atoms with van der Waals surface area (Å²) in [5.41, 5.74) is 2.10. The minimum Gasteiger partial charge on any atom is -0.484 e. The van der Waals surface area contributed by atoms with E-state index in [4.69, 9.17) is 9.15 Å². The predicted molar refractivity (Wildman–Crippen MR) is 76.6 cm³/mol. The van der Waals surface area contributed by atoms with Crippen LogP contribution in [0.5, 0.6) is 5.75 Å². The second kappa shape index (κ2) is 5.88. The Bertz CT molecular complexity index is 796. The Balaban J connectivity index is 1.79. The zero-order valence-corrected chi connectivity index (χ0v) is 11.9. The highest BCUT2D eigenvalue weighted by atomic mass is 19.1. The van der Waals surface area contributed by atoms with Crippen LogP contribution in [0.25, 0.3) is 10.9 Å². The Morgan fingerprint density at radius 2 is 2.32 bits per heavy atom. The summed E-state index contributed by atoms with van der Waals surface area (Å²) in [6.07, 6.45) is 2.73. The number of benzene rings is 1. The third kappa shape index (κ3) is 3.08. The number of hydrogen-bond donors (Lipinski definition) is 2. The summed E-state index contributed by atoms with van der Waals surface area (Å²) in [6.45, 7) is 1.93. The lowest BCUT2D eigenvalue weighted by Crippen LogP contribution is -2.18. The van der Waals surface area contributed by atoms with Crippen LogP contribution in [-0.4, -0.2) is 15.9 Å². The normalized spacial score (nSPS) is 10.8. The van der Waals surface area contributed by atoms with Crippen LogP contribution in [0.2, 0.25) is 0 Å². The molecule has 0 aliphatic rings. The number of carbonyl (C=O) groups excluding carboxylic acids is 1. The molecule has 0 radical (unpaired) electrons. The third-order valence-electron chi connectivity index (χ3n) is 3.12. The van der Waals surface area contributed by atoms with Gasteiger partial charge in [0.15, 0.2) is 18.0 Å². The Kier molecular flexibility index (Phi) is 3.78. The molecule has 0 fully saturated rings. The van der Waals surface area contributed by atoms with Gasteiger partial charge in [-0.15, -0.1) is 0 Å². The number of hydrogen-bond acceptors (Lipinski definition) is 4. The maximum absolute atomic E-state index is 14.0. The van der Waals surface area contributed by atoms with Gasteiger partial charge >= 0.3 is 0 Å². The highest BCUT2D eigenvalue weighted by Crippen LogP contribution is 2.26. The Labute approximate surface area is 125 Å². The van der Waals surface area contributed by atoms with Crippen molar-refractivity contribution in [3.8, 4) is 5.75 Å². The van der Waals surface area contributed by atoms with E-state index in [0.29, 0.717) is 17.6 Å². The number of amides is 1. The second-order valence-corrected chi connectivity index (χ2v) is 4.84. The molecule has 2 N–H and O–H groups in total. The van der Waals surface area contributed by atoms with E-state index in [9.17, 15) is 9.18 Å². The van der Waals surface area contributed by atoms with Crippen molar-refractivity contribution in [2.45, 2.75) is 20.1 Å². The number of H-pyrrole nitrogens is 1. The highest BCUT2D eigenvalue weighted by Gasteiger charge is 2.10. The number of fused-ring (bicyclic) bond motifs is 1. The predicted octanol–water partition coefficient (Wildman–Crippen LogP) is 2.51. The average molecular weight is 303 g/mol. The van der Waals surface area contributed by atoms with Gasteiger partial charge in [0.05, 0.1) is 6.54 Å². The molecule has 0 saturated heterocycles. The largest absolute Gasteiger partial charge is 0.484 e. The molecule has 0 bridgehead atoms. The summed E-state index contributed by atoms with van der Waals surface area (Å²) in [7, 11) is 0. The SMILES string of the molecule is CC(=O)NCc1cc2cc(F)c(OCc3cocn3)cc2[nH]1. The maximum Gasteiger partial charge on any atom is 0.217 e. The molecule has 22 heavy (non-hydrogen) atoms. The molecule has 2 heterocycles. The molecule has 1 amide bonds. The summed E-state index contributed by atoms with van der Waals surface area (Å²) in [5, 5.41) is 3.40. The van der Waals surface area contributed by atoms with E-state index >= 15 is 0 Å². The van der Waals surface area contributed by atoms with Gasteiger partial charge in [0, 0.05) is 29.6 Å². The molecule has 0 atom stereocenters. The summed E-state index contributed by atoms with van der Waals surface area (Å²) in [6, 6.07) is 4.76. The zero-order valence-electron chi connectivity index (χ0n) is 11.9. The molecular formula is C15H14FN3O3. The fraction of sp³-hybridized carbons (Fsp3) is 0.200. The molecular weight excluding hydrogens is 289 g/mol. The van der Waals surface area contributed by atoms with Gasteiger partial charge in [0.1, 0.15) is 18.6 Å². The van der Waals surface area contributed by atoms with Gasteiger partial charge in [-0.1, -0.05) is 0 Å². The molecule has 3 aromatic rings. The molecule has 0 saturated carbocycles. The van der Waals surface area contributed by atoms with Crippen LogP contribution in [0.1, 0.15) is 18.3 Å². The van der Waals surface area contributed by atoms with Crippen LogP contribution in [0.15, 0.2) is 35.3 Å². The molecule has 7 heteroatoms. The first-order chi connectivity index (χ1) is 10.6. The van der Waals surface area contributed by atoms with Crippen molar-refractivity contribution >= 4 is 16.8 Å². The topological polar surface area (TPSA) is 80.2 Å². The fourth-order valence-electron chi connectivity index (χ4n) is 2.08. The Morgan fingerprint density at radius 3 is 3.05 bits per heavy atom. The maximum atomic E-state index is 14.0. The Hall–Kier alpha value is -2.83. The van der Waals surface area contributed by atoms with E-state index in [1.807, 2.05) is 0 Å². The van der Waals surface area contributed by atoms with Crippen LogP contribution < -0.4 is 10.1 Å². The summed E-state index contributed by atoms with van der Waals surface area (Å²) in [5.74, 6) is -0.453. The monoisotopic (exact) mass is 303 g/mol. The lowest BCUT2D eigenvalue weighted by molar-refractivity contribution is -0.119. The van der Waals surface area contributed by atoms with Gasteiger partial charge in [-0.3, -0.25) is 4.79 Å². The molecule has 0 unspecified atom stereocenters. The Morgan fingerprint density at radius 1 is 1.45 bits per heavy atom. The van der Waals surface area contributed by atoms with Crippen molar-refractivity contribution < 1.29 is 18.3 Å². The second-order valence-electron chi connectivity index (χ2n) is 4.84. The van der Waals surface area contributed by atoms with Crippen LogP contribution in [0.3, 0.4) is 0 Å². The number of aromatic nitrogens is 2. The number of rotatable bonds is 5. The summed E-state index contributed by atoms with van der Waals surface area (Å²) >= 11 is 0. The lowest BCUT2D eigenvalue weighted by atomic mass is 10.2. The lowest BCUT2D eigenvalue weighted by Gasteiger charge is -2.05. The number of aromatic amines is 1. The number of ether oxygens (including phenoxy) is 1. The number of oxazole rings is 1. The number of nitrogens with zero attached hydrogens (tertiary/aromatic N) is 1. The first-order valence-corrected chi connectivity index (χ1v) is 6.67.